The third-order valence-electron chi connectivity index (χ3n) is 9.83. The van der Waals surface area contributed by atoms with E-state index < -0.39 is 23.6 Å². The van der Waals surface area contributed by atoms with Gasteiger partial charge in [0.1, 0.15) is 23.1 Å². The van der Waals surface area contributed by atoms with Gasteiger partial charge in [0.25, 0.3) is 5.91 Å². The van der Waals surface area contributed by atoms with Crippen molar-refractivity contribution >= 4 is 11.6 Å². The van der Waals surface area contributed by atoms with Gasteiger partial charge in [0, 0.05) is 11.6 Å². The van der Waals surface area contributed by atoms with Crippen molar-refractivity contribution in [3.8, 4) is 18.1 Å². The van der Waals surface area contributed by atoms with Gasteiger partial charge in [0.2, 0.25) is 0 Å². The number of fused-ring (bicyclic) bond motifs is 1. The molecule has 4 bridgehead atoms. The van der Waals surface area contributed by atoms with Crippen LogP contribution in [0, 0.1) is 41.7 Å². The van der Waals surface area contributed by atoms with E-state index in [2.05, 4.69) is 18.2 Å². The highest BCUT2D eigenvalue weighted by molar-refractivity contribution is 5.94. The Morgan fingerprint density at radius 2 is 1.74 bits per heavy atom. The van der Waals surface area contributed by atoms with Crippen molar-refractivity contribution in [3.05, 3.63) is 58.7 Å². The molecule has 0 saturated heterocycles. The van der Waals surface area contributed by atoms with Crippen LogP contribution >= 0.6 is 0 Å². The number of nitrogens with one attached hydrogen (secondary N) is 1. The smallest absolute Gasteiger partial charge is 0.299 e. The molecule has 1 aliphatic heterocycles. The number of amides is 1. The molecule has 7 rings (SSSR count). The van der Waals surface area contributed by atoms with E-state index in [4.69, 9.17) is 11.2 Å². The van der Waals surface area contributed by atoms with Gasteiger partial charge in [-0.25, -0.2) is 8.78 Å². The molecule has 6 heteroatoms. The summed E-state index contributed by atoms with van der Waals surface area (Å²) in [7, 11) is 1.62. The largest absolute Gasteiger partial charge is 0.497 e. The molecule has 0 spiro atoms. The first-order valence-electron chi connectivity index (χ1n) is 14.6. The van der Waals surface area contributed by atoms with Crippen molar-refractivity contribution < 1.29 is 18.3 Å². The van der Waals surface area contributed by atoms with Crippen molar-refractivity contribution in [3.63, 3.8) is 0 Å². The number of carbonyl (C=O) groups is 1. The summed E-state index contributed by atoms with van der Waals surface area (Å²) in [6, 6.07) is 7.65. The predicted octanol–water partition coefficient (Wildman–Crippen LogP) is 7.02. The maximum Gasteiger partial charge on any atom is 0.299 e. The van der Waals surface area contributed by atoms with Crippen molar-refractivity contribution in [2.24, 2.45) is 17.8 Å². The number of terminal acetylenes is 1. The molecule has 4 saturated carbocycles. The summed E-state index contributed by atoms with van der Waals surface area (Å²) in [4.78, 5) is 14.8. The fraction of sp³-hybridized carbons (Fsp3) is 0.545. The Morgan fingerprint density at radius 1 is 1.10 bits per heavy atom. The second-order valence-electron chi connectivity index (χ2n) is 12.5. The number of nitrogens with zero attached hydrogens (tertiary/aromatic N) is 1. The topological polar surface area (TPSA) is 41.6 Å². The third kappa shape index (κ3) is 4.68. The molecule has 4 nitrogen and oxygen atoms in total. The SMILES string of the molecule is C#CC(=O)N1[C@@H](CCCC)Cc2cc(OC)ccc2[C@@H]1c1cc(F)c(NC23CC4CC(CC(C4)C2)C3)c(F)c1. The number of carbonyl (C=O) groups excluding carboxylic acids is 1. The van der Waals surface area contributed by atoms with Gasteiger partial charge in [-0.15, -0.1) is 6.42 Å². The number of methoxy groups -OCH3 is 1. The average Bonchev–Trinajstić information content (AvgIpc) is 2.91. The number of halogens is 2. The van der Waals surface area contributed by atoms with Gasteiger partial charge in [-0.2, -0.15) is 0 Å². The molecular formula is C33H38F2N2O2. The first-order chi connectivity index (χ1) is 18.8. The van der Waals surface area contributed by atoms with Crippen molar-refractivity contribution in [1.29, 1.82) is 0 Å². The Bertz CT molecular complexity index is 1260. The van der Waals surface area contributed by atoms with Crippen LogP contribution in [0.1, 0.15) is 87.4 Å². The standard InChI is InChI=1S/C33H38F2N2O2/c1-4-6-7-25-13-23-14-26(39-3)8-9-27(23)32(37(25)30(38)5-2)24-15-28(34)31(29(35)16-24)36-33-17-20-10-21(18-33)12-22(11-20)19-33/h2,8-9,14-16,20-22,25,32,36H,4,6-7,10-13,17-19H2,1,3H3/t20?,21?,22?,25-,32-,33?/m0/s1. The van der Waals surface area contributed by atoms with Crippen molar-refractivity contribution in [2.45, 2.75) is 88.8 Å². The van der Waals surface area contributed by atoms with Crippen LogP contribution in [0.15, 0.2) is 30.3 Å². The zero-order chi connectivity index (χ0) is 27.3. The van der Waals surface area contributed by atoms with Crippen molar-refractivity contribution in [2.75, 3.05) is 12.4 Å². The molecule has 39 heavy (non-hydrogen) atoms. The number of rotatable bonds is 7. The lowest BCUT2D eigenvalue weighted by atomic mass is 9.53. The molecule has 4 fully saturated rings. The molecule has 2 atom stereocenters. The number of ether oxygens (including phenoxy) is 1. The van der Waals surface area contributed by atoms with Gasteiger partial charge < -0.3 is 15.0 Å². The average molecular weight is 533 g/mol. The molecular weight excluding hydrogens is 494 g/mol. The molecule has 1 heterocycles. The molecule has 206 valence electrons. The van der Waals surface area contributed by atoms with Crippen LogP contribution in [0.2, 0.25) is 0 Å². The molecule has 0 unspecified atom stereocenters. The predicted molar refractivity (Wildman–Crippen MR) is 148 cm³/mol. The van der Waals surface area contributed by atoms with Gasteiger partial charge in [-0.3, -0.25) is 4.79 Å². The molecule has 1 N–H and O–H groups in total. The van der Waals surface area contributed by atoms with E-state index in [1.54, 1.807) is 12.0 Å². The van der Waals surface area contributed by atoms with Crippen LogP contribution in [-0.2, 0) is 11.2 Å². The second-order valence-corrected chi connectivity index (χ2v) is 12.5. The number of anilines is 1. The highest BCUT2D eigenvalue weighted by Crippen LogP contribution is 2.57. The lowest BCUT2D eigenvalue weighted by Gasteiger charge is -2.57. The van der Waals surface area contributed by atoms with Gasteiger partial charge in [0.05, 0.1) is 13.2 Å². The number of unbranched alkanes of at least 4 members (excludes halogenated alkanes) is 1. The van der Waals surface area contributed by atoms with Crippen LogP contribution < -0.4 is 10.1 Å². The van der Waals surface area contributed by atoms with E-state index in [1.165, 1.54) is 31.4 Å². The highest BCUT2D eigenvalue weighted by Gasteiger charge is 2.51. The summed E-state index contributed by atoms with van der Waals surface area (Å²) >= 11 is 0. The summed E-state index contributed by atoms with van der Waals surface area (Å²) in [6.07, 6.45) is 15.6. The van der Waals surface area contributed by atoms with E-state index in [0.717, 1.165) is 49.7 Å². The normalized spacial score (nSPS) is 30.5. The maximum absolute atomic E-state index is 15.9. The van der Waals surface area contributed by atoms with Crippen LogP contribution in [0.5, 0.6) is 5.75 Å². The quantitative estimate of drug-likeness (QED) is 0.390. The fourth-order valence-electron chi connectivity index (χ4n) is 8.64. The highest BCUT2D eigenvalue weighted by atomic mass is 19.1. The Kier molecular flexibility index (Phi) is 6.81. The molecule has 5 aliphatic rings. The summed E-state index contributed by atoms with van der Waals surface area (Å²) < 4.78 is 37.2. The number of hydrogen-bond acceptors (Lipinski definition) is 3. The minimum atomic E-state index is -0.678. The summed E-state index contributed by atoms with van der Waals surface area (Å²) in [5, 5.41) is 3.39. The Hall–Kier alpha value is -3.07. The van der Waals surface area contributed by atoms with E-state index in [9.17, 15) is 4.79 Å². The first kappa shape index (κ1) is 26.2. The monoisotopic (exact) mass is 532 g/mol. The Balaban J connectivity index is 1.39. The van der Waals surface area contributed by atoms with E-state index in [-0.39, 0.29) is 17.3 Å². The van der Waals surface area contributed by atoms with Crippen LogP contribution in [0.4, 0.5) is 14.5 Å². The zero-order valence-electron chi connectivity index (χ0n) is 22.9. The first-order valence-corrected chi connectivity index (χ1v) is 14.6. The van der Waals surface area contributed by atoms with Gasteiger partial charge in [0.15, 0.2) is 0 Å². The maximum atomic E-state index is 15.9. The molecule has 1 amide bonds. The Morgan fingerprint density at radius 3 is 2.31 bits per heavy atom. The van der Waals surface area contributed by atoms with Crippen LogP contribution in [-0.4, -0.2) is 29.5 Å². The van der Waals surface area contributed by atoms with Gasteiger partial charge >= 0.3 is 0 Å². The molecule has 2 aromatic rings. The minimum absolute atomic E-state index is 0.0381. The minimum Gasteiger partial charge on any atom is -0.497 e. The third-order valence-corrected chi connectivity index (χ3v) is 9.83. The Labute approximate surface area is 230 Å². The van der Waals surface area contributed by atoms with Gasteiger partial charge in [-0.1, -0.05) is 25.8 Å². The van der Waals surface area contributed by atoms with Gasteiger partial charge in [-0.05, 0) is 116 Å². The summed E-state index contributed by atoms with van der Waals surface area (Å²) in [5.74, 6) is 3.30. The zero-order valence-corrected chi connectivity index (χ0v) is 22.9. The van der Waals surface area contributed by atoms with E-state index in [0.29, 0.717) is 35.5 Å². The molecule has 2 aromatic carbocycles. The fourth-order valence-corrected chi connectivity index (χ4v) is 8.64. The lowest BCUT2D eigenvalue weighted by Crippen LogP contribution is -2.55. The van der Waals surface area contributed by atoms with Crippen molar-refractivity contribution in [1.82, 2.24) is 4.90 Å². The second kappa shape index (κ2) is 10.2. The van der Waals surface area contributed by atoms with E-state index in [1.807, 2.05) is 18.2 Å². The summed E-state index contributed by atoms with van der Waals surface area (Å²) in [6.45, 7) is 2.10. The molecule has 0 aromatic heterocycles. The molecule has 4 aliphatic carbocycles. The summed E-state index contributed by atoms with van der Waals surface area (Å²) in [5.41, 5.74) is 1.98. The number of hydrogen-bond donors (Lipinski definition) is 1. The van der Waals surface area contributed by atoms with Crippen LogP contribution in [0.25, 0.3) is 0 Å². The van der Waals surface area contributed by atoms with E-state index >= 15 is 8.78 Å². The lowest BCUT2D eigenvalue weighted by molar-refractivity contribution is -0.130. The molecule has 0 radical (unpaired) electrons. The van der Waals surface area contributed by atoms with Crippen LogP contribution in [0.3, 0.4) is 0 Å². The number of benzene rings is 2.